The van der Waals surface area contributed by atoms with E-state index in [9.17, 15) is 10.1 Å². The number of amides is 1. The summed E-state index contributed by atoms with van der Waals surface area (Å²) in [5.41, 5.74) is 0.645. The summed E-state index contributed by atoms with van der Waals surface area (Å²) < 4.78 is 10.4. The third kappa shape index (κ3) is 4.67. The van der Waals surface area contributed by atoms with Gasteiger partial charge < -0.3 is 14.8 Å². The van der Waals surface area contributed by atoms with Gasteiger partial charge in [-0.25, -0.2) is 0 Å². The number of hydrogen-bond acceptors (Lipinski definition) is 4. The summed E-state index contributed by atoms with van der Waals surface area (Å²) in [4.78, 5) is 12.5. The van der Waals surface area contributed by atoms with Crippen LogP contribution in [0.1, 0.15) is 38.2 Å². The number of rotatable bonds is 5. The second kappa shape index (κ2) is 8.77. The number of nitrogens with zero attached hydrogens (tertiary/aromatic N) is 1. The number of halogens is 1. The van der Waals surface area contributed by atoms with E-state index in [4.69, 9.17) is 21.1 Å². The molecule has 1 N–H and O–H groups in total. The van der Waals surface area contributed by atoms with Crippen LogP contribution in [0.25, 0.3) is 6.08 Å². The Morgan fingerprint density at radius 3 is 2.64 bits per heavy atom. The van der Waals surface area contributed by atoms with E-state index >= 15 is 0 Å². The molecule has 25 heavy (non-hydrogen) atoms. The Balaban J connectivity index is 2.23. The van der Waals surface area contributed by atoms with Crippen molar-refractivity contribution < 1.29 is 14.3 Å². The first-order valence-electron chi connectivity index (χ1n) is 8.34. The van der Waals surface area contributed by atoms with Gasteiger partial charge in [0.15, 0.2) is 11.5 Å². The molecule has 1 aromatic rings. The minimum atomic E-state index is -0.354. The van der Waals surface area contributed by atoms with Gasteiger partial charge >= 0.3 is 0 Å². The van der Waals surface area contributed by atoms with Gasteiger partial charge in [-0.1, -0.05) is 31.4 Å². The van der Waals surface area contributed by atoms with Gasteiger partial charge in [-0.15, -0.1) is 0 Å². The Kier molecular flexibility index (Phi) is 6.72. The maximum atomic E-state index is 12.5. The fourth-order valence-electron chi connectivity index (χ4n) is 3.11. The first-order valence-corrected chi connectivity index (χ1v) is 8.72. The van der Waals surface area contributed by atoms with Gasteiger partial charge in [0.1, 0.15) is 11.6 Å². The summed E-state index contributed by atoms with van der Waals surface area (Å²) in [6.07, 6.45) is 5.86. The van der Waals surface area contributed by atoms with Crippen molar-refractivity contribution in [3.8, 4) is 17.6 Å². The van der Waals surface area contributed by atoms with Crippen LogP contribution in [0.5, 0.6) is 11.5 Å². The van der Waals surface area contributed by atoms with E-state index in [2.05, 4.69) is 12.2 Å². The Morgan fingerprint density at radius 2 is 2.04 bits per heavy atom. The van der Waals surface area contributed by atoms with Crippen molar-refractivity contribution in [2.24, 2.45) is 5.92 Å². The molecular formula is C19H23ClN2O3. The lowest BCUT2D eigenvalue weighted by atomic mass is 9.86. The van der Waals surface area contributed by atoms with Gasteiger partial charge in [-0.3, -0.25) is 4.79 Å². The zero-order valence-corrected chi connectivity index (χ0v) is 15.5. The van der Waals surface area contributed by atoms with Crippen molar-refractivity contribution >= 4 is 23.6 Å². The van der Waals surface area contributed by atoms with Crippen LogP contribution in [0.15, 0.2) is 17.7 Å². The molecule has 1 fully saturated rings. The van der Waals surface area contributed by atoms with Crippen LogP contribution in [-0.4, -0.2) is 26.2 Å². The average molecular weight is 363 g/mol. The van der Waals surface area contributed by atoms with Crippen LogP contribution in [0.4, 0.5) is 0 Å². The molecule has 1 aromatic carbocycles. The highest BCUT2D eigenvalue weighted by Gasteiger charge is 2.24. The Hall–Kier alpha value is -2.19. The third-order valence-electron chi connectivity index (χ3n) is 4.56. The second-order valence-electron chi connectivity index (χ2n) is 6.25. The van der Waals surface area contributed by atoms with E-state index in [0.717, 1.165) is 19.3 Å². The molecule has 1 amide bonds. The second-order valence-corrected chi connectivity index (χ2v) is 6.66. The molecule has 0 heterocycles. The van der Waals surface area contributed by atoms with Crippen molar-refractivity contribution in [3.63, 3.8) is 0 Å². The molecule has 0 saturated heterocycles. The number of carbonyl (C=O) groups is 1. The molecule has 0 bridgehead atoms. The predicted molar refractivity (Wildman–Crippen MR) is 97.7 cm³/mol. The average Bonchev–Trinajstić information content (AvgIpc) is 2.60. The van der Waals surface area contributed by atoms with Gasteiger partial charge in [0.25, 0.3) is 5.91 Å². The topological polar surface area (TPSA) is 71.3 Å². The molecule has 0 aromatic heterocycles. The Morgan fingerprint density at radius 1 is 1.32 bits per heavy atom. The van der Waals surface area contributed by atoms with Gasteiger partial charge in [0.05, 0.1) is 19.2 Å². The number of carbonyl (C=O) groups excluding carboxylic acids is 1. The molecule has 2 atom stereocenters. The van der Waals surface area contributed by atoms with Crippen LogP contribution in [0.2, 0.25) is 5.02 Å². The van der Waals surface area contributed by atoms with Crippen molar-refractivity contribution in [2.45, 2.75) is 38.6 Å². The van der Waals surface area contributed by atoms with Crippen LogP contribution in [0, 0.1) is 17.2 Å². The van der Waals surface area contributed by atoms with Crippen LogP contribution in [-0.2, 0) is 4.79 Å². The zero-order chi connectivity index (χ0) is 18.4. The van der Waals surface area contributed by atoms with Crippen molar-refractivity contribution in [1.29, 1.82) is 5.26 Å². The van der Waals surface area contributed by atoms with E-state index < -0.39 is 0 Å². The molecule has 1 aliphatic rings. The largest absolute Gasteiger partial charge is 0.493 e. The molecule has 0 aliphatic heterocycles. The summed E-state index contributed by atoms with van der Waals surface area (Å²) in [7, 11) is 3.00. The van der Waals surface area contributed by atoms with Crippen LogP contribution >= 0.6 is 11.6 Å². The predicted octanol–water partition coefficient (Wildman–Crippen LogP) is 3.96. The van der Waals surface area contributed by atoms with Gasteiger partial charge in [0.2, 0.25) is 0 Å². The summed E-state index contributed by atoms with van der Waals surface area (Å²) in [5.74, 6) is 0.931. The standard InChI is InChI=1S/C19H23ClN2O3/c1-12-6-4-5-7-16(12)22-19(23)14(11-21)8-13-9-15(20)18(25-3)17(10-13)24-2/h8-10,12,16H,4-7H2,1-3H3,(H,22,23)/b14-8+/t12-,16+/m0/s1. The molecule has 1 aliphatic carbocycles. The minimum Gasteiger partial charge on any atom is -0.493 e. The van der Waals surface area contributed by atoms with E-state index in [1.54, 1.807) is 12.1 Å². The van der Waals surface area contributed by atoms with Crippen LogP contribution < -0.4 is 14.8 Å². The zero-order valence-electron chi connectivity index (χ0n) is 14.8. The lowest BCUT2D eigenvalue weighted by Gasteiger charge is -2.29. The molecule has 6 heteroatoms. The fraction of sp³-hybridized carbons (Fsp3) is 0.474. The van der Waals surface area contributed by atoms with E-state index in [1.165, 1.54) is 26.7 Å². The summed E-state index contributed by atoms with van der Waals surface area (Å²) >= 11 is 6.18. The number of hydrogen-bond donors (Lipinski definition) is 1. The number of methoxy groups -OCH3 is 2. The van der Waals surface area contributed by atoms with Gasteiger partial charge in [-0.05, 0) is 42.5 Å². The maximum absolute atomic E-state index is 12.5. The Labute approximate surface area is 153 Å². The third-order valence-corrected chi connectivity index (χ3v) is 4.84. The molecule has 5 nitrogen and oxygen atoms in total. The first-order chi connectivity index (χ1) is 12.0. The van der Waals surface area contributed by atoms with Crippen molar-refractivity contribution in [2.75, 3.05) is 14.2 Å². The first kappa shape index (κ1) is 19.1. The molecule has 1 saturated carbocycles. The highest BCUT2D eigenvalue weighted by molar-refractivity contribution is 6.32. The number of benzene rings is 1. The van der Waals surface area contributed by atoms with Gasteiger partial charge in [-0.2, -0.15) is 5.26 Å². The lowest BCUT2D eigenvalue weighted by Crippen LogP contribution is -2.41. The summed E-state index contributed by atoms with van der Waals surface area (Å²) in [6.45, 7) is 2.13. The highest BCUT2D eigenvalue weighted by atomic mass is 35.5. The fourth-order valence-corrected chi connectivity index (χ4v) is 3.41. The van der Waals surface area contributed by atoms with E-state index in [1.807, 2.05) is 6.07 Å². The van der Waals surface area contributed by atoms with Crippen molar-refractivity contribution in [1.82, 2.24) is 5.32 Å². The Bertz CT molecular complexity index is 709. The number of nitrogens with one attached hydrogen (secondary N) is 1. The van der Waals surface area contributed by atoms with Crippen LogP contribution in [0.3, 0.4) is 0 Å². The van der Waals surface area contributed by atoms with E-state index in [0.29, 0.717) is 28.0 Å². The molecule has 2 rings (SSSR count). The van der Waals surface area contributed by atoms with Crippen molar-refractivity contribution in [3.05, 3.63) is 28.3 Å². The minimum absolute atomic E-state index is 0.0426. The quantitative estimate of drug-likeness (QED) is 0.635. The van der Waals surface area contributed by atoms with E-state index in [-0.39, 0.29) is 17.5 Å². The smallest absolute Gasteiger partial charge is 0.262 e. The molecule has 0 radical (unpaired) electrons. The molecular weight excluding hydrogens is 340 g/mol. The molecule has 0 unspecified atom stereocenters. The monoisotopic (exact) mass is 362 g/mol. The molecule has 134 valence electrons. The maximum Gasteiger partial charge on any atom is 0.262 e. The SMILES string of the molecule is COc1cc(/C=C(\C#N)C(=O)N[C@@H]2CCCC[C@@H]2C)cc(Cl)c1OC. The summed E-state index contributed by atoms with van der Waals surface area (Å²) in [5, 5.41) is 12.7. The normalized spacial score (nSPS) is 20.5. The summed E-state index contributed by atoms with van der Waals surface area (Å²) in [6, 6.07) is 5.41. The number of nitriles is 1. The highest BCUT2D eigenvalue weighted by Crippen LogP contribution is 2.36. The lowest BCUT2D eigenvalue weighted by molar-refractivity contribution is -0.118. The van der Waals surface area contributed by atoms with Gasteiger partial charge in [0, 0.05) is 6.04 Å². The number of ether oxygens (including phenoxy) is 2. The molecule has 0 spiro atoms.